The molecular weight excluding hydrogens is 202 g/mol. The lowest BCUT2D eigenvalue weighted by Crippen LogP contribution is -2.46. The van der Waals surface area contributed by atoms with Crippen molar-refractivity contribution in [1.29, 1.82) is 0 Å². The summed E-state index contributed by atoms with van der Waals surface area (Å²) in [6.07, 6.45) is 2.83. The van der Waals surface area contributed by atoms with Crippen molar-refractivity contribution in [3.8, 4) is 0 Å². The number of nitrogens with two attached hydrogens (primary N) is 1. The molecule has 0 spiro atoms. The van der Waals surface area contributed by atoms with E-state index in [2.05, 4.69) is 0 Å². The number of rotatable bonds is 2. The number of carbonyl (C=O) groups is 1. The predicted octanol–water partition coefficient (Wildman–Crippen LogP) is 1.52. The van der Waals surface area contributed by atoms with Gasteiger partial charge in [-0.15, -0.1) is 0 Å². The number of hydrogen-bond donors (Lipinski definition) is 1. The zero-order valence-electron chi connectivity index (χ0n) is 9.49. The maximum atomic E-state index is 11.6. The Kier molecular flexibility index (Phi) is 2.56. The van der Waals surface area contributed by atoms with Crippen LogP contribution in [0.3, 0.4) is 0 Å². The largest absolute Gasteiger partial charge is 0.467 e. The normalized spacial score (nSPS) is 17.3. The van der Waals surface area contributed by atoms with E-state index >= 15 is 0 Å². The van der Waals surface area contributed by atoms with Gasteiger partial charge in [0.15, 0.2) is 0 Å². The van der Waals surface area contributed by atoms with Crippen molar-refractivity contribution in [3.05, 3.63) is 41.5 Å². The number of fused-ring (bicyclic) bond motifs is 1. The first-order valence-corrected chi connectivity index (χ1v) is 5.23. The molecule has 1 aromatic carbocycles. The summed E-state index contributed by atoms with van der Waals surface area (Å²) in [7, 11) is 1.36. The molecule has 0 bridgehead atoms. The Morgan fingerprint density at radius 3 is 2.81 bits per heavy atom. The van der Waals surface area contributed by atoms with E-state index in [0.717, 1.165) is 17.6 Å². The van der Waals surface area contributed by atoms with E-state index in [9.17, 15) is 4.79 Å². The van der Waals surface area contributed by atoms with Gasteiger partial charge in [0.2, 0.25) is 0 Å². The highest BCUT2D eigenvalue weighted by Crippen LogP contribution is 2.34. The number of carbonyl (C=O) groups excluding carboxylic acids is 1. The Morgan fingerprint density at radius 1 is 1.44 bits per heavy atom. The highest BCUT2D eigenvalue weighted by atomic mass is 16.5. The van der Waals surface area contributed by atoms with Gasteiger partial charge in [-0.05, 0) is 30.0 Å². The summed E-state index contributed by atoms with van der Waals surface area (Å²) in [4.78, 5) is 11.6. The first kappa shape index (κ1) is 10.9. The second-order valence-electron chi connectivity index (χ2n) is 4.17. The van der Waals surface area contributed by atoms with Crippen LogP contribution in [0.15, 0.2) is 30.3 Å². The SMILES string of the molecule is COC(=O)[C@](C)(N)C1=CCc2ccccc21. The van der Waals surface area contributed by atoms with E-state index in [-0.39, 0.29) is 0 Å². The van der Waals surface area contributed by atoms with Gasteiger partial charge in [-0.25, -0.2) is 4.79 Å². The minimum absolute atomic E-state index is 0.407. The van der Waals surface area contributed by atoms with Gasteiger partial charge in [0, 0.05) is 0 Å². The maximum Gasteiger partial charge on any atom is 0.330 e. The van der Waals surface area contributed by atoms with Gasteiger partial charge in [-0.1, -0.05) is 30.3 Å². The molecule has 0 aliphatic heterocycles. The fourth-order valence-electron chi connectivity index (χ4n) is 2.10. The lowest BCUT2D eigenvalue weighted by molar-refractivity contribution is -0.144. The summed E-state index contributed by atoms with van der Waals surface area (Å²) in [5.74, 6) is -0.407. The second-order valence-corrected chi connectivity index (χ2v) is 4.17. The summed E-state index contributed by atoms with van der Waals surface area (Å²) in [5.41, 5.74) is 8.10. The average molecular weight is 217 g/mol. The monoisotopic (exact) mass is 217 g/mol. The predicted molar refractivity (Wildman–Crippen MR) is 62.7 cm³/mol. The topological polar surface area (TPSA) is 52.3 Å². The Labute approximate surface area is 94.9 Å². The minimum Gasteiger partial charge on any atom is -0.467 e. The quantitative estimate of drug-likeness (QED) is 0.764. The van der Waals surface area contributed by atoms with E-state index < -0.39 is 11.5 Å². The molecule has 0 aromatic heterocycles. The van der Waals surface area contributed by atoms with E-state index in [1.54, 1.807) is 6.92 Å². The van der Waals surface area contributed by atoms with Crippen LogP contribution in [0.4, 0.5) is 0 Å². The van der Waals surface area contributed by atoms with Gasteiger partial charge < -0.3 is 10.5 Å². The molecule has 1 aliphatic rings. The van der Waals surface area contributed by atoms with Crippen LogP contribution < -0.4 is 5.73 Å². The summed E-state index contributed by atoms with van der Waals surface area (Å²) in [6.45, 7) is 1.69. The van der Waals surface area contributed by atoms with Crippen molar-refractivity contribution in [2.75, 3.05) is 7.11 Å². The molecule has 1 aliphatic carbocycles. The summed E-state index contributed by atoms with van der Waals surface area (Å²) >= 11 is 0. The molecule has 0 saturated heterocycles. The highest BCUT2D eigenvalue weighted by Gasteiger charge is 2.36. The molecular formula is C13H15NO2. The molecule has 84 valence electrons. The van der Waals surface area contributed by atoms with Crippen molar-refractivity contribution < 1.29 is 9.53 Å². The molecule has 2 rings (SSSR count). The third-order valence-electron chi connectivity index (χ3n) is 3.00. The Morgan fingerprint density at radius 2 is 2.12 bits per heavy atom. The molecule has 0 saturated carbocycles. The zero-order valence-corrected chi connectivity index (χ0v) is 9.49. The van der Waals surface area contributed by atoms with Crippen LogP contribution in [0.5, 0.6) is 0 Å². The van der Waals surface area contributed by atoms with Gasteiger partial charge in [0.05, 0.1) is 7.11 Å². The van der Waals surface area contributed by atoms with Crippen molar-refractivity contribution in [2.45, 2.75) is 18.9 Å². The lowest BCUT2D eigenvalue weighted by Gasteiger charge is -2.24. The fraction of sp³-hybridized carbons (Fsp3) is 0.308. The highest BCUT2D eigenvalue weighted by molar-refractivity contribution is 5.98. The smallest absolute Gasteiger partial charge is 0.330 e. The van der Waals surface area contributed by atoms with Crippen LogP contribution in [-0.2, 0) is 16.0 Å². The van der Waals surface area contributed by atoms with Crippen molar-refractivity contribution in [3.63, 3.8) is 0 Å². The molecule has 3 nitrogen and oxygen atoms in total. The third-order valence-corrected chi connectivity index (χ3v) is 3.00. The van der Waals surface area contributed by atoms with Crippen molar-refractivity contribution in [1.82, 2.24) is 0 Å². The molecule has 0 radical (unpaired) electrons. The molecule has 0 heterocycles. The lowest BCUT2D eigenvalue weighted by atomic mass is 9.89. The number of allylic oxidation sites excluding steroid dienone is 1. The Bertz CT molecular complexity index is 461. The Balaban J connectivity index is 2.42. The van der Waals surface area contributed by atoms with E-state index in [0.29, 0.717) is 0 Å². The van der Waals surface area contributed by atoms with Crippen LogP contribution >= 0.6 is 0 Å². The minimum atomic E-state index is -1.07. The number of ether oxygens (including phenoxy) is 1. The number of hydrogen-bond acceptors (Lipinski definition) is 3. The van der Waals surface area contributed by atoms with Crippen molar-refractivity contribution >= 4 is 11.5 Å². The molecule has 2 N–H and O–H groups in total. The van der Waals surface area contributed by atoms with Gasteiger partial charge in [-0.3, -0.25) is 0 Å². The zero-order chi connectivity index (χ0) is 11.8. The van der Waals surface area contributed by atoms with Crippen LogP contribution in [0.1, 0.15) is 18.1 Å². The number of benzene rings is 1. The van der Waals surface area contributed by atoms with E-state index in [1.807, 2.05) is 30.3 Å². The molecule has 0 amide bonds. The van der Waals surface area contributed by atoms with Gasteiger partial charge >= 0.3 is 5.97 Å². The van der Waals surface area contributed by atoms with Crippen LogP contribution in [0.2, 0.25) is 0 Å². The second kappa shape index (κ2) is 3.76. The molecule has 1 atom stereocenters. The van der Waals surface area contributed by atoms with E-state index in [1.165, 1.54) is 12.7 Å². The standard InChI is InChI=1S/C13H15NO2/c1-13(14,12(15)16-2)11-8-7-9-5-3-4-6-10(9)11/h3-6,8H,7,14H2,1-2H3/t13-/m1/s1. The number of methoxy groups -OCH3 is 1. The fourth-order valence-corrected chi connectivity index (χ4v) is 2.10. The summed E-state index contributed by atoms with van der Waals surface area (Å²) < 4.78 is 4.74. The van der Waals surface area contributed by atoms with Crippen molar-refractivity contribution in [2.24, 2.45) is 5.73 Å². The molecule has 3 heteroatoms. The third kappa shape index (κ3) is 1.53. The average Bonchev–Trinajstić information content (AvgIpc) is 2.72. The van der Waals surface area contributed by atoms with Gasteiger partial charge in [0.25, 0.3) is 0 Å². The molecule has 1 aromatic rings. The summed E-state index contributed by atoms with van der Waals surface area (Å²) in [5, 5.41) is 0. The molecule has 16 heavy (non-hydrogen) atoms. The molecule has 0 fully saturated rings. The van der Waals surface area contributed by atoms with Gasteiger partial charge in [-0.2, -0.15) is 0 Å². The van der Waals surface area contributed by atoms with Crippen LogP contribution in [0, 0.1) is 0 Å². The van der Waals surface area contributed by atoms with Gasteiger partial charge in [0.1, 0.15) is 5.54 Å². The number of esters is 1. The first-order chi connectivity index (χ1) is 7.57. The Hall–Kier alpha value is -1.61. The van der Waals surface area contributed by atoms with Crippen LogP contribution in [0.25, 0.3) is 5.57 Å². The first-order valence-electron chi connectivity index (χ1n) is 5.23. The van der Waals surface area contributed by atoms with Crippen LogP contribution in [-0.4, -0.2) is 18.6 Å². The van der Waals surface area contributed by atoms with E-state index in [4.69, 9.17) is 10.5 Å². The summed E-state index contributed by atoms with van der Waals surface area (Å²) in [6, 6.07) is 7.97. The maximum absolute atomic E-state index is 11.6. The molecule has 0 unspecified atom stereocenters.